The molecule has 1 amide bonds. The summed E-state index contributed by atoms with van der Waals surface area (Å²) in [5.74, 6) is 5.62. The average Bonchev–Trinajstić information content (AvgIpc) is 2.89. The zero-order chi connectivity index (χ0) is 14.5. The number of rotatable bonds is 2. The second-order valence-corrected chi connectivity index (χ2v) is 5.01. The molecule has 0 unspecified atom stereocenters. The Hall–Kier alpha value is -2.23. The van der Waals surface area contributed by atoms with Gasteiger partial charge in [0.1, 0.15) is 5.69 Å². The maximum atomic E-state index is 11.9. The van der Waals surface area contributed by atoms with Gasteiger partial charge in [-0.25, -0.2) is 10.0 Å². The molecule has 0 saturated heterocycles. The first-order valence-corrected chi connectivity index (χ1v) is 6.69. The van der Waals surface area contributed by atoms with Crippen LogP contribution in [0.5, 0.6) is 0 Å². The van der Waals surface area contributed by atoms with E-state index < -0.39 is 0 Å². The van der Waals surface area contributed by atoms with E-state index in [0.717, 1.165) is 15.8 Å². The Labute approximate surface area is 121 Å². The maximum Gasteiger partial charge on any atom is 0.278 e. The van der Waals surface area contributed by atoms with Gasteiger partial charge in [-0.1, -0.05) is 5.92 Å². The minimum Gasteiger partial charge on any atom is -0.274 e. The number of nitrogens with zero attached hydrogens (tertiary/aromatic N) is 3. The Balaban J connectivity index is 2.22. The first kappa shape index (κ1) is 14.2. The number of thiazole rings is 1. The van der Waals surface area contributed by atoms with Crippen LogP contribution in [-0.4, -0.2) is 35.1 Å². The monoisotopic (exact) mass is 287 g/mol. The lowest BCUT2D eigenvalue weighted by molar-refractivity contribution is -0.0757. The largest absolute Gasteiger partial charge is 0.278 e. The summed E-state index contributed by atoms with van der Waals surface area (Å²) in [5, 5.41) is 4.00. The summed E-state index contributed by atoms with van der Waals surface area (Å²) in [4.78, 5) is 25.0. The lowest BCUT2D eigenvalue weighted by Crippen LogP contribution is -2.25. The van der Waals surface area contributed by atoms with Gasteiger partial charge in [-0.15, -0.1) is 11.3 Å². The van der Waals surface area contributed by atoms with Gasteiger partial charge in [-0.2, -0.15) is 0 Å². The molecule has 2 aromatic rings. The molecule has 0 spiro atoms. The SMILES string of the molecule is CON(C)C(=O)c1cncc(C#Cc2csc(C)n2)c1. The third-order valence-electron chi connectivity index (χ3n) is 2.50. The molecule has 6 heteroatoms. The van der Waals surface area contributed by atoms with Crippen molar-refractivity contribution in [2.75, 3.05) is 14.2 Å². The van der Waals surface area contributed by atoms with E-state index in [9.17, 15) is 4.79 Å². The molecular weight excluding hydrogens is 274 g/mol. The van der Waals surface area contributed by atoms with Crippen molar-refractivity contribution in [2.24, 2.45) is 0 Å². The molecule has 0 atom stereocenters. The van der Waals surface area contributed by atoms with Crippen LogP contribution in [0.2, 0.25) is 0 Å². The number of amides is 1. The molecule has 2 heterocycles. The summed E-state index contributed by atoms with van der Waals surface area (Å²) in [6.07, 6.45) is 3.09. The first-order chi connectivity index (χ1) is 9.60. The van der Waals surface area contributed by atoms with Gasteiger partial charge in [-0.05, 0) is 18.9 Å². The van der Waals surface area contributed by atoms with Crippen LogP contribution in [0.15, 0.2) is 23.8 Å². The molecule has 0 aromatic carbocycles. The van der Waals surface area contributed by atoms with Crippen LogP contribution >= 0.6 is 11.3 Å². The normalized spacial score (nSPS) is 9.75. The average molecular weight is 287 g/mol. The highest BCUT2D eigenvalue weighted by atomic mass is 32.1. The van der Waals surface area contributed by atoms with Gasteiger partial charge in [0.2, 0.25) is 0 Å². The van der Waals surface area contributed by atoms with E-state index in [0.29, 0.717) is 11.1 Å². The van der Waals surface area contributed by atoms with Crippen LogP contribution in [0.4, 0.5) is 0 Å². The molecule has 0 aliphatic rings. The highest BCUT2D eigenvalue weighted by Crippen LogP contribution is 2.08. The van der Waals surface area contributed by atoms with Gasteiger partial charge in [0, 0.05) is 30.4 Å². The number of aromatic nitrogens is 2. The van der Waals surface area contributed by atoms with E-state index in [1.54, 1.807) is 30.6 Å². The quantitative estimate of drug-likeness (QED) is 0.625. The van der Waals surface area contributed by atoms with E-state index in [1.807, 2.05) is 12.3 Å². The highest BCUT2D eigenvalue weighted by Gasteiger charge is 2.11. The van der Waals surface area contributed by atoms with Gasteiger partial charge in [0.25, 0.3) is 5.91 Å². The van der Waals surface area contributed by atoms with Crippen LogP contribution in [0.25, 0.3) is 0 Å². The third kappa shape index (κ3) is 3.41. The van der Waals surface area contributed by atoms with Crippen molar-refractivity contribution in [1.82, 2.24) is 15.0 Å². The van der Waals surface area contributed by atoms with Crippen molar-refractivity contribution < 1.29 is 9.63 Å². The zero-order valence-corrected chi connectivity index (χ0v) is 12.2. The topological polar surface area (TPSA) is 55.3 Å². The first-order valence-electron chi connectivity index (χ1n) is 5.81. The van der Waals surface area contributed by atoms with Gasteiger partial charge in [0.15, 0.2) is 0 Å². The minimum atomic E-state index is -0.270. The maximum absolute atomic E-state index is 11.9. The summed E-state index contributed by atoms with van der Waals surface area (Å²) in [5.41, 5.74) is 1.81. The Kier molecular flexibility index (Phi) is 4.45. The molecule has 20 heavy (non-hydrogen) atoms. The van der Waals surface area contributed by atoms with E-state index in [-0.39, 0.29) is 5.91 Å². The lowest BCUT2D eigenvalue weighted by atomic mass is 10.2. The number of pyridine rings is 1. The van der Waals surface area contributed by atoms with Crippen LogP contribution in [-0.2, 0) is 4.84 Å². The predicted octanol–water partition coefficient (Wildman–Crippen LogP) is 1.88. The number of hydrogen-bond acceptors (Lipinski definition) is 5. The number of aryl methyl sites for hydroxylation is 1. The Bertz CT molecular complexity index is 685. The van der Waals surface area contributed by atoms with Crippen molar-refractivity contribution >= 4 is 17.2 Å². The van der Waals surface area contributed by atoms with Crippen molar-refractivity contribution in [1.29, 1.82) is 0 Å². The summed E-state index contributed by atoms with van der Waals surface area (Å²) in [6, 6.07) is 1.68. The number of hydrogen-bond donors (Lipinski definition) is 0. The van der Waals surface area contributed by atoms with Gasteiger partial charge in [-0.3, -0.25) is 14.6 Å². The molecule has 0 N–H and O–H groups in total. The summed E-state index contributed by atoms with van der Waals surface area (Å²) in [7, 11) is 2.97. The molecular formula is C14H13N3O2S. The minimum absolute atomic E-state index is 0.270. The Morgan fingerprint density at radius 2 is 2.20 bits per heavy atom. The second kappa shape index (κ2) is 6.28. The van der Waals surface area contributed by atoms with E-state index in [4.69, 9.17) is 4.84 Å². The van der Waals surface area contributed by atoms with E-state index in [2.05, 4.69) is 21.8 Å². The molecule has 0 saturated carbocycles. The van der Waals surface area contributed by atoms with Crippen LogP contribution in [0.3, 0.4) is 0 Å². The predicted molar refractivity (Wildman–Crippen MR) is 76.2 cm³/mol. The van der Waals surface area contributed by atoms with Crippen LogP contribution in [0.1, 0.15) is 26.6 Å². The molecule has 5 nitrogen and oxygen atoms in total. The van der Waals surface area contributed by atoms with Gasteiger partial charge in [0.05, 0.1) is 17.7 Å². The van der Waals surface area contributed by atoms with Crippen molar-refractivity contribution in [3.8, 4) is 11.8 Å². The van der Waals surface area contributed by atoms with E-state index >= 15 is 0 Å². The summed E-state index contributed by atoms with van der Waals surface area (Å²) in [6.45, 7) is 1.93. The van der Waals surface area contributed by atoms with Crippen molar-refractivity contribution in [3.63, 3.8) is 0 Å². The third-order valence-corrected chi connectivity index (χ3v) is 3.27. The molecule has 0 aliphatic heterocycles. The lowest BCUT2D eigenvalue weighted by Gasteiger charge is -2.12. The molecule has 0 fully saturated rings. The van der Waals surface area contributed by atoms with Crippen LogP contribution < -0.4 is 0 Å². The molecule has 0 aliphatic carbocycles. The van der Waals surface area contributed by atoms with Crippen LogP contribution in [0, 0.1) is 18.8 Å². The Morgan fingerprint density at radius 3 is 2.85 bits per heavy atom. The van der Waals surface area contributed by atoms with Gasteiger partial charge < -0.3 is 0 Å². The highest BCUT2D eigenvalue weighted by molar-refractivity contribution is 7.09. The second-order valence-electron chi connectivity index (χ2n) is 3.95. The molecule has 0 bridgehead atoms. The van der Waals surface area contributed by atoms with Crippen molar-refractivity contribution in [2.45, 2.75) is 6.92 Å². The fraction of sp³-hybridized carbons (Fsp3) is 0.214. The number of carbonyl (C=O) groups excluding carboxylic acids is 1. The van der Waals surface area contributed by atoms with E-state index in [1.165, 1.54) is 13.3 Å². The molecule has 2 aromatic heterocycles. The smallest absolute Gasteiger partial charge is 0.274 e. The van der Waals surface area contributed by atoms with Crippen molar-refractivity contribution in [3.05, 3.63) is 45.7 Å². The summed E-state index contributed by atoms with van der Waals surface area (Å²) >= 11 is 1.55. The fourth-order valence-electron chi connectivity index (χ4n) is 1.45. The molecule has 102 valence electrons. The number of hydroxylamine groups is 2. The Morgan fingerprint density at radius 1 is 1.40 bits per heavy atom. The molecule has 2 rings (SSSR count). The van der Waals surface area contributed by atoms with Gasteiger partial charge >= 0.3 is 0 Å². The number of carbonyl (C=O) groups is 1. The standard InChI is InChI=1S/C14H13N3O2S/c1-10-16-13(9-20-10)5-4-11-6-12(8-15-7-11)14(18)17(2)19-3/h6-9H,1-3H3. The summed E-state index contributed by atoms with van der Waals surface area (Å²) < 4.78 is 0. The fourth-order valence-corrected chi connectivity index (χ4v) is 1.99. The zero-order valence-electron chi connectivity index (χ0n) is 11.4. The molecule has 0 radical (unpaired) electrons.